The van der Waals surface area contributed by atoms with Gasteiger partial charge in [0.15, 0.2) is 0 Å². The SMILES string of the molecule is NC1=CC(c2ccc(F)cc2F)=NC1. The third-order valence-corrected chi connectivity index (χ3v) is 1.96. The van der Waals surface area contributed by atoms with E-state index in [4.69, 9.17) is 5.73 Å². The molecule has 4 heteroatoms. The quantitative estimate of drug-likeness (QED) is 0.724. The van der Waals surface area contributed by atoms with Crippen LogP contribution in [0.2, 0.25) is 0 Å². The molecule has 0 atom stereocenters. The molecular weight excluding hydrogens is 186 g/mol. The lowest BCUT2D eigenvalue weighted by Crippen LogP contribution is -2.00. The van der Waals surface area contributed by atoms with Gasteiger partial charge in [0.1, 0.15) is 11.6 Å². The Hall–Kier alpha value is -1.71. The van der Waals surface area contributed by atoms with Gasteiger partial charge in [0, 0.05) is 17.3 Å². The van der Waals surface area contributed by atoms with E-state index in [1.54, 1.807) is 6.08 Å². The smallest absolute Gasteiger partial charge is 0.135 e. The van der Waals surface area contributed by atoms with Crippen LogP contribution in [0.25, 0.3) is 0 Å². The summed E-state index contributed by atoms with van der Waals surface area (Å²) in [5.41, 5.74) is 6.84. The molecule has 2 rings (SSSR count). The molecule has 0 saturated heterocycles. The topological polar surface area (TPSA) is 38.4 Å². The maximum Gasteiger partial charge on any atom is 0.135 e. The summed E-state index contributed by atoms with van der Waals surface area (Å²) in [6, 6.07) is 3.39. The van der Waals surface area contributed by atoms with Crippen molar-refractivity contribution in [1.82, 2.24) is 0 Å². The Kier molecular flexibility index (Phi) is 2.04. The number of allylic oxidation sites excluding steroid dienone is 1. The normalized spacial score (nSPS) is 15.3. The summed E-state index contributed by atoms with van der Waals surface area (Å²) in [6.45, 7) is 0.381. The predicted octanol–water partition coefficient (Wildman–Crippen LogP) is 1.61. The van der Waals surface area contributed by atoms with Crippen LogP contribution in [-0.4, -0.2) is 12.3 Å². The summed E-state index contributed by atoms with van der Waals surface area (Å²) in [6.07, 6.45) is 1.59. The molecule has 1 aliphatic rings. The lowest BCUT2D eigenvalue weighted by Gasteiger charge is -2.00. The van der Waals surface area contributed by atoms with Crippen molar-refractivity contribution < 1.29 is 8.78 Å². The van der Waals surface area contributed by atoms with Crippen molar-refractivity contribution in [2.45, 2.75) is 0 Å². The van der Waals surface area contributed by atoms with Crippen molar-refractivity contribution in [3.63, 3.8) is 0 Å². The van der Waals surface area contributed by atoms with E-state index in [1.807, 2.05) is 0 Å². The van der Waals surface area contributed by atoms with Crippen LogP contribution in [0.3, 0.4) is 0 Å². The molecule has 0 saturated carbocycles. The van der Waals surface area contributed by atoms with Gasteiger partial charge in [0.2, 0.25) is 0 Å². The van der Waals surface area contributed by atoms with Crippen LogP contribution in [0.4, 0.5) is 8.78 Å². The summed E-state index contributed by atoms with van der Waals surface area (Å²) < 4.78 is 25.8. The zero-order chi connectivity index (χ0) is 10.1. The molecule has 2 nitrogen and oxygen atoms in total. The summed E-state index contributed by atoms with van der Waals surface area (Å²) >= 11 is 0. The molecule has 14 heavy (non-hydrogen) atoms. The Morgan fingerprint density at radius 2 is 2.07 bits per heavy atom. The maximum absolute atomic E-state index is 13.2. The van der Waals surface area contributed by atoms with Gasteiger partial charge in [0.25, 0.3) is 0 Å². The van der Waals surface area contributed by atoms with Crippen LogP contribution in [-0.2, 0) is 0 Å². The molecule has 0 amide bonds. The second-order valence-electron chi connectivity index (χ2n) is 3.04. The molecule has 2 N–H and O–H groups in total. The van der Waals surface area contributed by atoms with E-state index in [2.05, 4.69) is 4.99 Å². The van der Waals surface area contributed by atoms with E-state index >= 15 is 0 Å². The van der Waals surface area contributed by atoms with Crippen molar-refractivity contribution in [3.8, 4) is 0 Å². The summed E-state index contributed by atoms with van der Waals surface area (Å²) in [5.74, 6) is -1.21. The molecule has 0 aromatic heterocycles. The lowest BCUT2D eigenvalue weighted by molar-refractivity contribution is 0.582. The van der Waals surface area contributed by atoms with E-state index in [1.165, 1.54) is 12.1 Å². The second-order valence-corrected chi connectivity index (χ2v) is 3.04. The zero-order valence-electron chi connectivity index (χ0n) is 7.30. The Labute approximate surface area is 79.8 Å². The third-order valence-electron chi connectivity index (χ3n) is 1.96. The molecule has 72 valence electrons. The van der Waals surface area contributed by atoms with Crippen molar-refractivity contribution >= 4 is 5.71 Å². The fourth-order valence-electron chi connectivity index (χ4n) is 1.30. The van der Waals surface area contributed by atoms with Crippen molar-refractivity contribution in [3.05, 3.63) is 47.2 Å². The van der Waals surface area contributed by atoms with Gasteiger partial charge in [-0.25, -0.2) is 8.78 Å². The number of rotatable bonds is 1. The molecule has 1 aromatic rings. The zero-order valence-corrected chi connectivity index (χ0v) is 7.30. The number of benzene rings is 1. The Balaban J connectivity index is 2.43. The van der Waals surface area contributed by atoms with Gasteiger partial charge < -0.3 is 5.73 Å². The van der Waals surface area contributed by atoms with Crippen LogP contribution in [0.5, 0.6) is 0 Å². The number of aliphatic imine (C=N–C) groups is 1. The highest BCUT2D eigenvalue weighted by Gasteiger charge is 2.12. The highest BCUT2D eigenvalue weighted by Crippen LogP contribution is 2.14. The van der Waals surface area contributed by atoms with Crippen LogP contribution in [0.15, 0.2) is 35.0 Å². The van der Waals surface area contributed by atoms with E-state index in [0.717, 1.165) is 6.07 Å². The lowest BCUT2D eigenvalue weighted by atomic mass is 10.1. The van der Waals surface area contributed by atoms with Crippen LogP contribution in [0, 0.1) is 11.6 Å². The summed E-state index contributed by atoms with van der Waals surface area (Å²) in [5, 5.41) is 0. The molecule has 0 unspecified atom stereocenters. The van der Waals surface area contributed by atoms with E-state index in [9.17, 15) is 8.78 Å². The maximum atomic E-state index is 13.2. The van der Waals surface area contributed by atoms with Crippen molar-refractivity contribution in [2.24, 2.45) is 10.7 Å². The minimum Gasteiger partial charge on any atom is -0.400 e. The Bertz CT molecular complexity index is 436. The van der Waals surface area contributed by atoms with Gasteiger partial charge in [-0.05, 0) is 18.2 Å². The van der Waals surface area contributed by atoms with Gasteiger partial charge in [0.05, 0.1) is 12.3 Å². The van der Waals surface area contributed by atoms with Gasteiger partial charge in [-0.3, -0.25) is 4.99 Å². The fraction of sp³-hybridized carbons (Fsp3) is 0.100. The van der Waals surface area contributed by atoms with Gasteiger partial charge in [-0.15, -0.1) is 0 Å². The van der Waals surface area contributed by atoms with E-state index in [0.29, 0.717) is 18.0 Å². The molecule has 1 heterocycles. The molecule has 0 bridgehead atoms. The highest BCUT2D eigenvalue weighted by atomic mass is 19.1. The van der Waals surface area contributed by atoms with Gasteiger partial charge in [-0.2, -0.15) is 0 Å². The van der Waals surface area contributed by atoms with Gasteiger partial charge >= 0.3 is 0 Å². The number of hydrogen-bond donors (Lipinski definition) is 1. The number of hydrogen-bond acceptors (Lipinski definition) is 2. The molecule has 0 fully saturated rings. The summed E-state index contributed by atoms with van der Waals surface area (Å²) in [4.78, 5) is 4.01. The monoisotopic (exact) mass is 194 g/mol. The Morgan fingerprint density at radius 1 is 1.29 bits per heavy atom. The largest absolute Gasteiger partial charge is 0.400 e. The molecule has 1 aliphatic heterocycles. The first-order valence-electron chi connectivity index (χ1n) is 4.13. The first kappa shape index (κ1) is 8.87. The molecule has 0 aliphatic carbocycles. The number of halogens is 2. The first-order chi connectivity index (χ1) is 6.66. The molecular formula is C10H8F2N2. The van der Waals surface area contributed by atoms with Crippen LogP contribution >= 0.6 is 0 Å². The van der Waals surface area contributed by atoms with E-state index < -0.39 is 11.6 Å². The minimum atomic E-state index is -0.616. The number of nitrogens with zero attached hydrogens (tertiary/aromatic N) is 1. The molecule has 0 spiro atoms. The molecule has 1 aromatic carbocycles. The standard InChI is InChI=1S/C10H8F2N2/c11-6-1-2-8(9(12)3-6)10-4-7(13)5-14-10/h1-4H,5,13H2. The van der Waals surface area contributed by atoms with Crippen LogP contribution < -0.4 is 5.73 Å². The Morgan fingerprint density at radius 3 is 2.64 bits per heavy atom. The highest BCUT2D eigenvalue weighted by molar-refractivity contribution is 6.10. The second kappa shape index (κ2) is 3.21. The van der Waals surface area contributed by atoms with Gasteiger partial charge in [-0.1, -0.05) is 0 Å². The average molecular weight is 194 g/mol. The minimum absolute atomic E-state index is 0.284. The average Bonchev–Trinajstić information content (AvgIpc) is 2.51. The number of nitrogens with two attached hydrogens (primary N) is 1. The van der Waals surface area contributed by atoms with Crippen molar-refractivity contribution in [2.75, 3.05) is 6.54 Å². The van der Waals surface area contributed by atoms with Crippen LogP contribution in [0.1, 0.15) is 5.56 Å². The fourth-order valence-corrected chi connectivity index (χ4v) is 1.30. The third kappa shape index (κ3) is 1.51. The predicted molar refractivity (Wildman–Crippen MR) is 50.0 cm³/mol. The van der Waals surface area contributed by atoms with Crippen molar-refractivity contribution in [1.29, 1.82) is 0 Å². The molecule has 0 radical (unpaired) electrons. The first-order valence-corrected chi connectivity index (χ1v) is 4.13. The summed E-state index contributed by atoms with van der Waals surface area (Å²) in [7, 11) is 0. The van der Waals surface area contributed by atoms with E-state index in [-0.39, 0.29) is 5.56 Å².